The summed E-state index contributed by atoms with van der Waals surface area (Å²) in [5.41, 5.74) is 2.24. The van der Waals surface area contributed by atoms with Crippen LogP contribution in [0.2, 0.25) is 0 Å². The molecule has 1 heterocycles. The van der Waals surface area contributed by atoms with Gasteiger partial charge in [-0.05, 0) is 24.0 Å². The molecule has 3 nitrogen and oxygen atoms in total. The molecule has 0 aliphatic carbocycles. The van der Waals surface area contributed by atoms with E-state index in [0.29, 0.717) is 13.2 Å². The lowest BCUT2D eigenvalue weighted by atomic mass is 9.97. The molecule has 1 aromatic rings. The monoisotopic (exact) mass is 219 g/mol. The number of hydrogen-bond acceptors (Lipinski definition) is 2. The van der Waals surface area contributed by atoms with Crippen molar-refractivity contribution in [2.45, 2.75) is 25.9 Å². The highest BCUT2D eigenvalue weighted by Gasteiger charge is 2.26. The van der Waals surface area contributed by atoms with Crippen molar-refractivity contribution in [1.82, 2.24) is 5.32 Å². The molecule has 86 valence electrons. The van der Waals surface area contributed by atoms with Crippen molar-refractivity contribution in [3.8, 4) is 0 Å². The van der Waals surface area contributed by atoms with Gasteiger partial charge < -0.3 is 10.1 Å². The van der Waals surface area contributed by atoms with Gasteiger partial charge in [-0.3, -0.25) is 4.79 Å². The number of amides is 1. The third kappa shape index (κ3) is 2.25. The van der Waals surface area contributed by atoms with Crippen molar-refractivity contribution in [3.63, 3.8) is 0 Å². The van der Waals surface area contributed by atoms with Gasteiger partial charge in [0, 0.05) is 6.54 Å². The van der Waals surface area contributed by atoms with Gasteiger partial charge >= 0.3 is 0 Å². The number of fused-ring (bicyclic) bond motifs is 1. The van der Waals surface area contributed by atoms with Crippen LogP contribution >= 0.6 is 0 Å². The van der Waals surface area contributed by atoms with Crippen LogP contribution in [0.1, 0.15) is 30.6 Å². The summed E-state index contributed by atoms with van der Waals surface area (Å²) in [6, 6.07) is 8.00. The topological polar surface area (TPSA) is 38.3 Å². The van der Waals surface area contributed by atoms with E-state index in [1.165, 1.54) is 5.56 Å². The first-order valence-electron chi connectivity index (χ1n) is 5.80. The number of carbonyl (C=O) groups is 1. The summed E-state index contributed by atoms with van der Waals surface area (Å²) in [7, 11) is 0. The molecular weight excluding hydrogens is 202 g/mol. The fourth-order valence-corrected chi connectivity index (χ4v) is 1.95. The number of ether oxygens (including phenoxy) is 1. The fraction of sp³-hybridized carbons (Fsp3) is 0.462. The van der Waals surface area contributed by atoms with Crippen LogP contribution in [0.15, 0.2) is 24.3 Å². The van der Waals surface area contributed by atoms with Gasteiger partial charge in [0.1, 0.15) is 0 Å². The van der Waals surface area contributed by atoms with Gasteiger partial charge in [-0.2, -0.15) is 0 Å². The first-order chi connectivity index (χ1) is 7.83. The second-order valence-electron chi connectivity index (χ2n) is 3.99. The lowest BCUT2D eigenvalue weighted by Crippen LogP contribution is -2.34. The van der Waals surface area contributed by atoms with Crippen molar-refractivity contribution in [2.75, 3.05) is 13.2 Å². The Morgan fingerprint density at radius 1 is 1.50 bits per heavy atom. The smallest absolute Gasteiger partial charge is 0.253 e. The number of carbonyl (C=O) groups excluding carboxylic acids is 1. The van der Waals surface area contributed by atoms with Crippen LogP contribution in [-0.2, 0) is 16.0 Å². The first-order valence-corrected chi connectivity index (χ1v) is 5.80. The van der Waals surface area contributed by atoms with Gasteiger partial charge in [-0.25, -0.2) is 0 Å². The highest BCUT2D eigenvalue weighted by Crippen LogP contribution is 2.26. The lowest BCUT2D eigenvalue weighted by molar-refractivity contribution is -0.134. The molecule has 1 unspecified atom stereocenters. The molecule has 2 rings (SSSR count). The minimum atomic E-state index is -0.420. The Bertz CT molecular complexity index is 376. The standard InChI is InChI=1S/C13H17NO2/c1-2-8-14-13(15)12-11-6-4-3-5-10(11)7-9-16-12/h3-6,12H,2,7-9H2,1H3,(H,14,15). The maximum absolute atomic E-state index is 11.9. The molecule has 0 fully saturated rings. The van der Waals surface area contributed by atoms with Crippen molar-refractivity contribution in [2.24, 2.45) is 0 Å². The quantitative estimate of drug-likeness (QED) is 0.842. The molecule has 0 spiro atoms. The average molecular weight is 219 g/mol. The maximum Gasteiger partial charge on any atom is 0.253 e. The average Bonchev–Trinajstić information content (AvgIpc) is 2.35. The first kappa shape index (κ1) is 11.1. The third-order valence-corrected chi connectivity index (χ3v) is 2.78. The molecule has 16 heavy (non-hydrogen) atoms. The molecule has 0 radical (unpaired) electrons. The molecule has 1 aromatic carbocycles. The molecule has 1 aliphatic heterocycles. The van der Waals surface area contributed by atoms with Gasteiger partial charge in [-0.1, -0.05) is 31.2 Å². The van der Waals surface area contributed by atoms with Gasteiger partial charge in [0.15, 0.2) is 6.10 Å². The number of hydrogen-bond donors (Lipinski definition) is 1. The van der Waals surface area contributed by atoms with E-state index in [1.54, 1.807) is 0 Å². The SMILES string of the molecule is CCCNC(=O)C1OCCc2ccccc21. The predicted octanol–water partition coefficient (Wildman–Crippen LogP) is 1.83. The predicted molar refractivity (Wildman–Crippen MR) is 62.1 cm³/mol. The molecule has 0 saturated heterocycles. The molecule has 3 heteroatoms. The summed E-state index contributed by atoms with van der Waals surface area (Å²) >= 11 is 0. The van der Waals surface area contributed by atoms with E-state index in [2.05, 4.69) is 11.4 Å². The van der Waals surface area contributed by atoms with Crippen LogP contribution in [0.25, 0.3) is 0 Å². The molecule has 1 amide bonds. The van der Waals surface area contributed by atoms with Crippen LogP contribution in [-0.4, -0.2) is 19.1 Å². The Morgan fingerprint density at radius 3 is 3.12 bits per heavy atom. The van der Waals surface area contributed by atoms with Crippen LogP contribution in [0.4, 0.5) is 0 Å². The number of benzene rings is 1. The van der Waals surface area contributed by atoms with E-state index in [4.69, 9.17) is 4.74 Å². The molecular formula is C13H17NO2. The summed E-state index contributed by atoms with van der Waals surface area (Å²) in [6.07, 6.45) is 1.42. The van der Waals surface area contributed by atoms with Crippen molar-refractivity contribution >= 4 is 5.91 Å². The van der Waals surface area contributed by atoms with E-state index in [0.717, 1.165) is 18.4 Å². The second-order valence-corrected chi connectivity index (χ2v) is 3.99. The lowest BCUT2D eigenvalue weighted by Gasteiger charge is -2.25. The highest BCUT2D eigenvalue weighted by atomic mass is 16.5. The molecule has 0 bridgehead atoms. The van der Waals surface area contributed by atoms with E-state index in [-0.39, 0.29) is 5.91 Å². The van der Waals surface area contributed by atoms with Gasteiger partial charge in [0.2, 0.25) is 0 Å². The van der Waals surface area contributed by atoms with E-state index in [1.807, 2.05) is 25.1 Å². The Labute approximate surface area is 95.8 Å². The summed E-state index contributed by atoms with van der Waals surface area (Å²) in [4.78, 5) is 11.9. The zero-order chi connectivity index (χ0) is 11.4. The Balaban J connectivity index is 2.15. The van der Waals surface area contributed by atoms with Crippen molar-refractivity contribution in [1.29, 1.82) is 0 Å². The Morgan fingerprint density at radius 2 is 2.31 bits per heavy atom. The molecule has 0 aromatic heterocycles. The number of nitrogens with one attached hydrogen (secondary N) is 1. The van der Waals surface area contributed by atoms with E-state index >= 15 is 0 Å². The third-order valence-electron chi connectivity index (χ3n) is 2.78. The largest absolute Gasteiger partial charge is 0.363 e. The molecule has 1 N–H and O–H groups in total. The Kier molecular flexibility index (Phi) is 3.57. The van der Waals surface area contributed by atoms with Crippen molar-refractivity contribution < 1.29 is 9.53 Å². The zero-order valence-electron chi connectivity index (χ0n) is 9.53. The summed E-state index contributed by atoms with van der Waals surface area (Å²) in [6.45, 7) is 3.37. The van der Waals surface area contributed by atoms with E-state index < -0.39 is 6.10 Å². The van der Waals surface area contributed by atoms with Gasteiger partial charge in [0.05, 0.1) is 6.61 Å². The molecule has 1 aliphatic rings. The summed E-state index contributed by atoms with van der Waals surface area (Å²) in [5.74, 6) is -0.0194. The van der Waals surface area contributed by atoms with Crippen LogP contribution in [0.5, 0.6) is 0 Å². The minimum absolute atomic E-state index is 0.0194. The van der Waals surface area contributed by atoms with Crippen molar-refractivity contribution in [3.05, 3.63) is 35.4 Å². The van der Waals surface area contributed by atoms with E-state index in [9.17, 15) is 4.79 Å². The second kappa shape index (κ2) is 5.12. The van der Waals surface area contributed by atoms with Crippen LogP contribution < -0.4 is 5.32 Å². The normalized spacial score (nSPS) is 18.9. The molecule has 1 atom stereocenters. The maximum atomic E-state index is 11.9. The van der Waals surface area contributed by atoms with Gasteiger partial charge in [-0.15, -0.1) is 0 Å². The highest BCUT2D eigenvalue weighted by molar-refractivity contribution is 5.82. The number of rotatable bonds is 3. The Hall–Kier alpha value is -1.35. The minimum Gasteiger partial charge on any atom is -0.363 e. The van der Waals surface area contributed by atoms with Crippen LogP contribution in [0, 0.1) is 0 Å². The van der Waals surface area contributed by atoms with Gasteiger partial charge in [0.25, 0.3) is 5.91 Å². The molecule has 0 saturated carbocycles. The summed E-state index contributed by atoms with van der Waals surface area (Å²) < 4.78 is 5.55. The summed E-state index contributed by atoms with van der Waals surface area (Å²) in [5, 5.41) is 2.88. The fourth-order valence-electron chi connectivity index (χ4n) is 1.95. The van der Waals surface area contributed by atoms with Crippen LogP contribution in [0.3, 0.4) is 0 Å². The zero-order valence-corrected chi connectivity index (χ0v) is 9.53.